The van der Waals surface area contributed by atoms with Crippen LogP contribution in [-0.2, 0) is 0 Å². The Bertz CT molecular complexity index is 564. The van der Waals surface area contributed by atoms with Crippen molar-refractivity contribution in [3.8, 4) is 11.4 Å². The van der Waals surface area contributed by atoms with Crippen molar-refractivity contribution >= 4 is 5.91 Å². The molecule has 86 valence electrons. The van der Waals surface area contributed by atoms with Crippen molar-refractivity contribution in [3.63, 3.8) is 0 Å². The standard InChI is InChI=1S/C13H13N3O/c1-8-4-5-10(12(14)17)11(9(8)2)13-15-6-3-7-16-13/h3-7H,1-2H3,(H2,14,17). The van der Waals surface area contributed by atoms with Gasteiger partial charge in [0, 0.05) is 18.0 Å². The molecule has 1 heterocycles. The van der Waals surface area contributed by atoms with Gasteiger partial charge in [-0.3, -0.25) is 4.79 Å². The second-order valence-electron chi connectivity index (χ2n) is 3.87. The molecule has 4 nitrogen and oxygen atoms in total. The van der Waals surface area contributed by atoms with Crippen LogP contribution in [0, 0.1) is 13.8 Å². The number of rotatable bonds is 2. The first-order valence-corrected chi connectivity index (χ1v) is 5.28. The fourth-order valence-corrected chi connectivity index (χ4v) is 1.74. The van der Waals surface area contributed by atoms with Crippen molar-refractivity contribution in [2.75, 3.05) is 0 Å². The summed E-state index contributed by atoms with van der Waals surface area (Å²) in [5.74, 6) is 0.0676. The van der Waals surface area contributed by atoms with Crippen LogP contribution in [0.2, 0.25) is 0 Å². The van der Waals surface area contributed by atoms with Crippen LogP contribution >= 0.6 is 0 Å². The topological polar surface area (TPSA) is 68.9 Å². The monoisotopic (exact) mass is 227 g/mol. The fraction of sp³-hybridized carbons (Fsp3) is 0.154. The maximum absolute atomic E-state index is 11.4. The van der Waals surface area contributed by atoms with Gasteiger partial charge in [0.05, 0.1) is 5.56 Å². The van der Waals surface area contributed by atoms with Crippen LogP contribution in [-0.4, -0.2) is 15.9 Å². The van der Waals surface area contributed by atoms with E-state index < -0.39 is 5.91 Å². The summed E-state index contributed by atoms with van der Waals surface area (Å²) >= 11 is 0. The number of hydrogen-bond acceptors (Lipinski definition) is 3. The molecule has 0 atom stereocenters. The Balaban J connectivity index is 2.74. The van der Waals surface area contributed by atoms with Gasteiger partial charge in [0.25, 0.3) is 0 Å². The molecule has 4 heteroatoms. The second-order valence-corrected chi connectivity index (χ2v) is 3.87. The van der Waals surface area contributed by atoms with Gasteiger partial charge in [-0.1, -0.05) is 6.07 Å². The zero-order valence-electron chi connectivity index (χ0n) is 9.77. The molecule has 0 aliphatic rings. The number of aryl methyl sites for hydroxylation is 1. The highest BCUT2D eigenvalue weighted by molar-refractivity contribution is 6.00. The lowest BCUT2D eigenvalue weighted by atomic mass is 9.96. The highest BCUT2D eigenvalue weighted by atomic mass is 16.1. The number of benzene rings is 1. The smallest absolute Gasteiger partial charge is 0.249 e. The summed E-state index contributed by atoms with van der Waals surface area (Å²) in [6.45, 7) is 3.92. The van der Waals surface area contributed by atoms with E-state index in [2.05, 4.69) is 9.97 Å². The molecule has 1 aromatic heterocycles. The highest BCUT2D eigenvalue weighted by Crippen LogP contribution is 2.26. The number of carbonyl (C=O) groups excluding carboxylic acids is 1. The van der Waals surface area contributed by atoms with E-state index in [0.29, 0.717) is 11.4 Å². The molecule has 17 heavy (non-hydrogen) atoms. The van der Waals surface area contributed by atoms with Crippen molar-refractivity contribution in [1.82, 2.24) is 9.97 Å². The Hall–Kier alpha value is -2.23. The van der Waals surface area contributed by atoms with Crippen molar-refractivity contribution < 1.29 is 4.79 Å². The Morgan fingerprint density at radius 1 is 1.18 bits per heavy atom. The van der Waals surface area contributed by atoms with Gasteiger partial charge in [-0.15, -0.1) is 0 Å². The molecule has 0 aliphatic carbocycles. The fourth-order valence-electron chi connectivity index (χ4n) is 1.74. The van der Waals surface area contributed by atoms with Crippen LogP contribution in [0.15, 0.2) is 30.6 Å². The third-order valence-electron chi connectivity index (χ3n) is 2.79. The number of amides is 1. The van der Waals surface area contributed by atoms with Crippen molar-refractivity contribution in [1.29, 1.82) is 0 Å². The predicted molar refractivity (Wildman–Crippen MR) is 65.5 cm³/mol. The molecular formula is C13H13N3O. The van der Waals surface area contributed by atoms with E-state index in [9.17, 15) is 4.79 Å². The second kappa shape index (κ2) is 4.33. The SMILES string of the molecule is Cc1ccc(C(N)=O)c(-c2ncccn2)c1C. The normalized spacial score (nSPS) is 10.2. The van der Waals surface area contributed by atoms with Crippen LogP contribution in [0.5, 0.6) is 0 Å². The van der Waals surface area contributed by atoms with Crippen molar-refractivity contribution in [2.24, 2.45) is 5.73 Å². The molecule has 0 radical (unpaired) electrons. The Labute approximate surface area is 99.5 Å². The first-order chi connectivity index (χ1) is 8.11. The number of carbonyl (C=O) groups is 1. The molecule has 0 saturated carbocycles. The van der Waals surface area contributed by atoms with E-state index in [-0.39, 0.29) is 0 Å². The van der Waals surface area contributed by atoms with Crippen LogP contribution in [0.25, 0.3) is 11.4 Å². The number of aromatic nitrogens is 2. The predicted octanol–water partition coefficient (Wildman–Crippen LogP) is 1.86. The highest BCUT2D eigenvalue weighted by Gasteiger charge is 2.15. The Morgan fingerprint density at radius 2 is 1.82 bits per heavy atom. The van der Waals surface area contributed by atoms with Gasteiger partial charge in [0.1, 0.15) is 0 Å². The van der Waals surface area contributed by atoms with E-state index in [1.807, 2.05) is 19.9 Å². The number of hydrogen-bond donors (Lipinski definition) is 1. The van der Waals surface area contributed by atoms with E-state index in [1.165, 1.54) is 0 Å². The minimum Gasteiger partial charge on any atom is -0.366 e. The zero-order chi connectivity index (χ0) is 12.4. The summed E-state index contributed by atoms with van der Waals surface area (Å²) in [7, 11) is 0. The van der Waals surface area contributed by atoms with E-state index >= 15 is 0 Å². The molecule has 0 spiro atoms. The maximum Gasteiger partial charge on any atom is 0.249 e. The largest absolute Gasteiger partial charge is 0.366 e. The molecule has 0 unspecified atom stereocenters. The summed E-state index contributed by atoms with van der Waals surface area (Å²) in [5, 5.41) is 0. The number of primary amides is 1. The summed E-state index contributed by atoms with van der Waals surface area (Å²) in [5.41, 5.74) is 8.61. The van der Waals surface area contributed by atoms with E-state index in [4.69, 9.17) is 5.73 Å². The lowest BCUT2D eigenvalue weighted by Crippen LogP contribution is -2.14. The van der Waals surface area contributed by atoms with Crippen LogP contribution < -0.4 is 5.73 Å². The van der Waals surface area contributed by atoms with Crippen LogP contribution in [0.3, 0.4) is 0 Å². The van der Waals surface area contributed by atoms with Crippen molar-refractivity contribution in [2.45, 2.75) is 13.8 Å². The quantitative estimate of drug-likeness (QED) is 0.851. The van der Waals surface area contributed by atoms with Gasteiger partial charge in [0.2, 0.25) is 5.91 Å². The Morgan fingerprint density at radius 3 is 2.41 bits per heavy atom. The Kier molecular flexibility index (Phi) is 2.87. The molecule has 2 N–H and O–H groups in total. The van der Waals surface area contributed by atoms with Gasteiger partial charge in [-0.05, 0) is 37.1 Å². The van der Waals surface area contributed by atoms with E-state index in [0.717, 1.165) is 16.7 Å². The molecule has 0 fully saturated rings. The van der Waals surface area contributed by atoms with Crippen LogP contribution in [0.4, 0.5) is 0 Å². The third-order valence-corrected chi connectivity index (χ3v) is 2.79. The van der Waals surface area contributed by atoms with Gasteiger partial charge < -0.3 is 5.73 Å². The first kappa shape index (κ1) is 11.3. The van der Waals surface area contributed by atoms with Gasteiger partial charge in [0.15, 0.2) is 5.82 Å². The molecule has 0 saturated heterocycles. The average molecular weight is 227 g/mol. The number of nitrogens with zero attached hydrogens (tertiary/aromatic N) is 2. The van der Waals surface area contributed by atoms with E-state index in [1.54, 1.807) is 24.5 Å². The number of nitrogens with two attached hydrogens (primary N) is 1. The summed E-state index contributed by atoms with van der Waals surface area (Å²) < 4.78 is 0. The lowest BCUT2D eigenvalue weighted by molar-refractivity contribution is 0.100. The van der Waals surface area contributed by atoms with Crippen molar-refractivity contribution in [3.05, 3.63) is 47.3 Å². The third kappa shape index (κ3) is 2.01. The summed E-state index contributed by atoms with van der Waals surface area (Å²) in [6.07, 6.45) is 3.30. The molecule has 2 rings (SSSR count). The summed E-state index contributed by atoms with van der Waals surface area (Å²) in [6, 6.07) is 5.33. The van der Waals surface area contributed by atoms with Gasteiger partial charge in [-0.2, -0.15) is 0 Å². The lowest BCUT2D eigenvalue weighted by Gasteiger charge is -2.11. The zero-order valence-corrected chi connectivity index (χ0v) is 9.77. The molecule has 0 aliphatic heterocycles. The maximum atomic E-state index is 11.4. The first-order valence-electron chi connectivity index (χ1n) is 5.28. The average Bonchev–Trinajstić information content (AvgIpc) is 2.33. The summed E-state index contributed by atoms with van der Waals surface area (Å²) in [4.78, 5) is 19.8. The minimum atomic E-state index is -0.462. The molecule has 2 aromatic rings. The minimum absolute atomic E-state index is 0.458. The van der Waals surface area contributed by atoms with Crippen LogP contribution in [0.1, 0.15) is 21.5 Å². The molecule has 1 aromatic carbocycles. The molecule has 1 amide bonds. The van der Waals surface area contributed by atoms with Gasteiger partial charge >= 0.3 is 0 Å². The molecule has 0 bridgehead atoms. The molecular weight excluding hydrogens is 214 g/mol. The van der Waals surface area contributed by atoms with Gasteiger partial charge in [-0.25, -0.2) is 9.97 Å².